The summed E-state index contributed by atoms with van der Waals surface area (Å²) < 4.78 is 5.06. The van der Waals surface area contributed by atoms with Gasteiger partial charge in [-0.1, -0.05) is 0 Å². The van der Waals surface area contributed by atoms with Crippen LogP contribution in [-0.4, -0.2) is 23.3 Å². The first-order valence-electron chi connectivity index (χ1n) is 4.16. The van der Waals surface area contributed by atoms with Crippen molar-refractivity contribution in [3.05, 3.63) is 0 Å². The zero-order chi connectivity index (χ0) is 7.59. The minimum absolute atomic E-state index is 0.0703. The van der Waals surface area contributed by atoms with Crippen LogP contribution >= 0.6 is 0 Å². The Bertz CT molecular complexity index is 225. The Morgan fingerprint density at radius 3 is 2.91 bits per heavy atom. The van der Waals surface area contributed by atoms with E-state index in [0.29, 0.717) is 11.8 Å². The molecule has 0 radical (unpaired) electrons. The van der Waals surface area contributed by atoms with Crippen LogP contribution in [0.5, 0.6) is 0 Å². The maximum Gasteiger partial charge on any atom is 0.309 e. The summed E-state index contributed by atoms with van der Waals surface area (Å²) in [5.41, 5.74) is 0. The van der Waals surface area contributed by atoms with Crippen molar-refractivity contribution in [1.82, 2.24) is 0 Å². The van der Waals surface area contributed by atoms with E-state index in [-0.39, 0.29) is 24.1 Å². The summed E-state index contributed by atoms with van der Waals surface area (Å²) in [6, 6.07) is 0. The van der Waals surface area contributed by atoms with Crippen LogP contribution in [0, 0.1) is 17.8 Å². The molecule has 1 aliphatic heterocycles. The molecular formula is C8H10O3. The van der Waals surface area contributed by atoms with E-state index in [9.17, 15) is 9.90 Å². The maximum absolute atomic E-state index is 11.1. The Balaban J connectivity index is 2.04. The van der Waals surface area contributed by atoms with Gasteiger partial charge in [-0.3, -0.25) is 4.79 Å². The van der Waals surface area contributed by atoms with Gasteiger partial charge in [0.25, 0.3) is 0 Å². The van der Waals surface area contributed by atoms with Crippen LogP contribution in [0.4, 0.5) is 0 Å². The molecule has 3 heteroatoms. The van der Waals surface area contributed by atoms with E-state index in [0.717, 1.165) is 12.8 Å². The topological polar surface area (TPSA) is 46.5 Å². The molecular weight excluding hydrogens is 144 g/mol. The van der Waals surface area contributed by atoms with E-state index in [1.807, 2.05) is 0 Å². The van der Waals surface area contributed by atoms with Crippen molar-refractivity contribution in [1.29, 1.82) is 0 Å². The Hall–Kier alpha value is -0.570. The van der Waals surface area contributed by atoms with Crippen LogP contribution in [0.1, 0.15) is 12.8 Å². The minimum atomic E-state index is -0.359. The van der Waals surface area contributed by atoms with Gasteiger partial charge in [-0.15, -0.1) is 0 Å². The van der Waals surface area contributed by atoms with Crippen LogP contribution in [-0.2, 0) is 9.53 Å². The molecule has 3 rings (SSSR count). The van der Waals surface area contributed by atoms with Gasteiger partial charge in [0.05, 0.1) is 12.0 Å². The summed E-state index contributed by atoms with van der Waals surface area (Å²) in [5, 5.41) is 9.55. The van der Waals surface area contributed by atoms with Crippen LogP contribution in [0.2, 0.25) is 0 Å². The summed E-state index contributed by atoms with van der Waals surface area (Å²) in [5.74, 6) is 0.761. The highest BCUT2D eigenvalue weighted by atomic mass is 16.6. The number of ether oxygens (including phenoxy) is 1. The highest BCUT2D eigenvalue weighted by Crippen LogP contribution is 2.54. The van der Waals surface area contributed by atoms with Gasteiger partial charge in [-0.2, -0.15) is 0 Å². The number of aliphatic hydroxyl groups is 1. The molecule has 5 atom stereocenters. The molecule has 0 spiro atoms. The molecule has 3 nitrogen and oxygen atoms in total. The molecule has 0 aromatic heterocycles. The van der Waals surface area contributed by atoms with Crippen LogP contribution < -0.4 is 0 Å². The number of hydrogen-bond donors (Lipinski definition) is 1. The summed E-state index contributed by atoms with van der Waals surface area (Å²) in [7, 11) is 0. The average Bonchev–Trinajstić information content (AvgIpc) is 2.53. The Labute approximate surface area is 64.3 Å². The molecule has 2 bridgehead atoms. The summed E-state index contributed by atoms with van der Waals surface area (Å²) in [6.45, 7) is 0. The number of carbonyl (C=O) groups excluding carboxylic acids is 1. The predicted octanol–water partition coefficient (Wildman–Crippen LogP) is -0.0713. The van der Waals surface area contributed by atoms with E-state index in [4.69, 9.17) is 4.74 Å². The van der Waals surface area contributed by atoms with E-state index >= 15 is 0 Å². The number of hydrogen-bond acceptors (Lipinski definition) is 3. The second kappa shape index (κ2) is 1.61. The molecule has 1 heterocycles. The Kier molecular flexibility index (Phi) is 0.876. The fourth-order valence-corrected chi connectivity index (χ4v) is 2.92. The zero-order valence-electron chi connectivity index (χ0n) is 6.06. The second-order valence-corrected chi connectivity index (χ2v) is 3.89. The molecule has 3 fully saturated rings. The van der Waals surface area contributed by atoms with Crippen molar-refractivity contribution >= 4 is 5.97 Å². The van der Waals surface area contributed by atoms with Gasteiger partial charge in [0.1, 0.15) is 6.10 Å². The van der Waals surface area contributed by atoms with Gasteiger partial charge in [-0.25, -0.2) is 0 Å². The summed E-state index contributed by atoms with van der Waals surface area (Å²) in [4.78, 5) is 11.1. The van der Waals surface area contributed by atoms with Crippen LogP contribution in [0.3, 0.4) is 0 Å². The smallest absolute Gasteiger partial charge is 0.309 e. The summed E-state index contributed by atoms with van der Waals surface area (Å²) >= 11 is 0. The molecule has 0 amide bonds. The van der Waals surface area contributed by atoms with Crippen molar-refractivity contribution in [3.63, 3.8) is 0 Å². The summed E-state index contributed by atoms with van der Waals surface area (Å²) in [6.07, 6.45) is 1.36. The lowest BCUT2D eigenvalue weighted by Crippen LogP contribution is -2.31. The van der Waals surface area contributed by atoms with Crippen molar-refractivity contribution in [2.24, 2.45) is 17.8 Å². The molecule has 0 unspecified atom stereocenters. The number of esters is 1. The molecule has 0 aromatic rings. The number of fused-ring (bicyclic) bond motifs is 1. The van der Waals surface area contributed by atoms with Gasteiger partial charge in [0.15, 0.2) is 0 Å². The van der Waals surface area contributed by atoms with Gasteiger partial charge in [0, 0.05) is 5.92 Å². The fourth-order valence-electron chi connectivity index (χ4n) is 2.92. The molecule has 11 heavy (non-hydrogen) atoms. The molecule has 2 saturated carbocycles. The van der Waals surface area contributed by atoms with Crippen molar-refractivity contribution in [2.75, 3.05) is 0 Å². The lowest BCUT2D eigenvalue weighted by Gasteiger charge is -2.19. The molecule has 3 aliphatic rings. The number of carbonyl (C=O) groups is 1. The minimum Gasteiger partial charge on any atom is -0.459 e. The van der Waals surface area contributed by atoms with E-state index in [2.05, 4.69) is 0 Å². The molecule has 60 valence electrons. The third kappa shape index (κ3) is 0.527. The monoisotopic (exact) mass is 154 g/mol. The Morgan fingerprint density at radius 1 is 1.45 bits per heavy atom. The first kappa shape index (κ1) is 6.00. The van der Waals surface area contributed by atoms with Gasteiger partial charge in [0.2, 0.25) is 0 Å². The van der Waals surface area contributed by atoms with Crippen molar-refractivity contribution in [2.45, 2.75) is 25.0 Å². The first-order valence-corrected chi connectivity index (χ1v) is 4.16. The van der Waals surface area contributed by atoms with Gasteiger partial charge in [-0.05, 0) is 18.8 Å². The first-order chi connectivity index (χ1) is 5.27. The van der Waals surface area contributed by atoms with Crippen LogP contribution in [0.25, 0.3) is 0 Å². The average molecular weight is 154 g/mol. The van der Waals surface area contributed by atoms with Gasteiger partial charge < -0.3 is 9.84 Å². The zero-order valence-corrected chi connectivity index (χ0v) is 6.06. The standard InChI is InChI=1S/C8H10O3/c9-6-3-1-4-5(2-3)8(10)11-7(4)6/h3-7,9H,1-2H2/t3-,4-,5+,6-,7+/m1/s1. The highest BCUT2D eigenvalue weighted by Gasteiger charge is 2.61. The largest absolute Gasteiger partial charge is 0.459 e. The molecule has 0 aromatic carbocycles. The SMILES string of the molecule is O=C1O[C@@H]2[C@H](O)[C@@H]3C[C@@H]2[C@@H]1C3. The third-order valence-electron chi connectivity index (χ3n) is 3.44. The highest BCUT2D eigenvalue weighted by molar-refractivity contribution is 5.76. The van der Waals surface area contributed by atoms with E-state index < -0.39 is 0 Å². The van der Waals surface area contributed by atoms with E-state index in [1.165, 1.54) is 0 Å². The molecule has 2 aliphatic carbocycles. The third-order valence-corrected chi connectivity index (χ3v) is 3.44. The van der Waals surface area contributed by atoms with E-state index in [1.54, 1.807) is 0 Å². The van der Waals surface area contributed by atoms with Crippen molar-refractivity contribution < 1.29 is 14.6 Å². The fraction of sp³-hybridized carbons (Fsp3) is 0.875. The quantitative estimate of drug-likeness (QED) is 0.497. The van der Waals surface area contributed by atoms with Crippen LogP contribution in [0.15, 0.2) is 0 Å². The number of rotatable bonds is 0. The molecule has 1 saturated heterocycles. The number of aliphatic hydroxyl groups excluding tert-OH is 1. The second-order valence-electron chi connectivity index (χ2n) is 3.89. The van der Waals surface area contributed by atoms with Crippen molar-refractivity contribution in [3.8, 4) is 0 Å². The Morgan fingerprint density at radius 2 is 2.27 bits per heavy atom. The maximum atomic E-state index is 11.1. The lowest BCUT2D eigenvalue weighted by molar-refractivity contribution is -0.145. The lowest BCUT2D eigenvalue weighted by atomic mass is 9.88. The predicted molar refractivity (Wildman–Crippen MR) is 35.6 cm³/mol. The normalized spacial score (nSPS) is 58.6. The van der Waals surface area contributed by atoms with Gasteiger partial charge >= 0.3 is 5.97 Å². The molecule has 1 N–H and O–H groups in total.